The Hall–Kier alpha value is -2.41. The third-order valence-corrected chi connectivity index (χ3v) is 4.24. The summed E-state index contributed by atoms with van der Waals surface area (Å²) in [6.45, 7) is 4.25. The molecule has 0 unspecified atom stereocenters. The first kappa shape index (κ1) is 16.4. The van der Waals surface area contributed by atoms with Gasteiger partial charge in [0.05, 0.1) is 32.3 Å². The van der Waals surface area contributed by atoms with Crippen molar-refractivity contribution in [2.75, 3.05) is 26.9 Å². The highest BCUT2D eigenvalue weighted by atomic mass is 16.5. The van der Waals surface area contributed by atoms with Crippen LogP contribution in [0.15, 0.2) is 24.7 Å². The van der Waals surface area contributed by atoms with Gasteiger partial charge in [-0.3, -0.25) is 4.79 Å². The highest BCUT2D eigenvalue weighted by Crippen LogP contribution is 2.29. The highest BCUT2D eigenvalue weighted by molar-refractivity contribution is 5.96. The molecule has 0 bridgehead atoms. The maximum Gasteiger partial charge on any atom is 0.259 e. The minimum Gasteiger partial charge on any atom is -0.480 e. The van der Waals surface area contributed by atoms with Crippen LogP contribution in [0.4, 0.5) is 0 Å². The van der Waals surface area contributed by atoms with Gasteiger partial charge in [-0.1, -0.05) is 0 Å². The van der Waals surface area contributed by atoms with Crippen LogP contribution in [0.1, 0.15) is 34.6 Å². The van der Waals surface area contributed by atoms with Crippen LogP contribution in [0.25, 0.3) is 0 Å². The summed E-state index contributed by atoms with van der Waals surface area (Å²) < 4.78 is 12.9. The average molecular weight is 330 g/mol. The van der Waals surface area contributed by atoms with Gasteiger partial charge in [0.15, 0.2) is 0 Å². The van der Waals surface area contributed by atoms with Crippen LogP contribution in [0.5, 0.6) is 5.88 Å². The Morgan fingerprint density at radius 3 is 3.00 bits per heavy atom. The normalized spacial score (nSPS) is 16.8. The molecule has 7 heteroatoms. The summed E-state index contributed by atoms with van der Waals surface area (Å²) in [6, 6.07) is 3.48. The molecule has 24 heavy (non-hydrogen) atoms. The number of methoxy groups -OCH3 is 1. The number of nitrogens with zero attached hydrogens (tertiary/aromatic N) is 4. The van der Waals surface area contributed by atoms with Gasteiger partial charge in [0.1, 0.15) is 5.56 Å². The van der Waals surface area contributed by atoms with Crippen molar-refractivity contribution in [3.63, 3.8) is 0 Å². The molecular formula is C17H22N4O3. The van der Waals surface area contributed by atoms with Crippen molar-refractivity contribution in [1.82, 2.24) is 19.4 Å². The van der Waals surface area contributed by atoms with Crippen molar-refractivity contribution in [2.45, 2.75) is 19.4 Å². The lowest BCUT2D eigenvalue weighted by Crippen LogP contribution is -2.40. The SMILES string of the molecule is CCOC[C@H]1CN(C(=O)c2cccnc2OC)Cc2ncn(C)c21. The summed E-state index contributed by atoms with van der Waals surface area (Å²) in [6.07, 6.45) is 3.41. The second-order valence-electron chi connectivity index (χ2n) is 5.79. The Kier molecular flexibility index (Phi) is 4.80. The number of fused-ring (bicyclic) bond motifs is 1. The molecule has 1 aliphatic heterocycles. The topological polar surface area (TPSA) is 69.5 Å². The molecule has 1 atom stereocenters. The zero-order chi connectivity index (χ0) is 17.1. The summed E-state index contributed by atoms with van der Waals surface area (Å²) in [4.78, 5) is 23.3. The van der Waals surface area contributed by atoms with Crippen LogP contribution < -0.4 is 4.74 Å². The van der Waals surface area contributed by atoms with Crippen molar-refractivity contribution in [3.05, 3.63) is 41.6 Å². The van der Waals surface area contributed by atoms with E-state index in [9.17, 15) is 4.79 Å². The quantitative estimate of drug-likeness (QED) is 0.833. The lowest BCUT2D eigenvalue weighted by Gasteiger charge is -2.33. The number of hydrogen-bond donors (Lipinski definition) is 0. The van der Waals surface area contributed by atoms with Gasteiger partial charge >= 0.3 is 0 Å². The van der Waals surface area contributed by atoms with Crippen LogP contribution in [-0.2, 0) is 18.3 Å². The molecule has 1 amide bonds. The van der Waals surface area contributed by atoms with E-state index < -0.39 is 0 Å². The van der Waals surface area contributed by atoms with Gasteiger partial charge in [-0.2, -0.15) is 0 Å². The van der Waals surface area contributed by atoms with E-state index in [4.69, 9.17) is 9.47 Å². The molecule has 3 rings (SSSR count). The Balaban J connectivity index is 1.88. The van der Waals surface area contributed by atoms with Gasteiger partial charge in [-0.05, 0) is 19.1 Å². The van der Waals surface area contributed by atoms with Gasteiger partial charge in [-0.15, -0.1) is 0 Å². The van der Waals surface area contributed by atoms with Crippen molar-refractivity contribution in [1.29, 1.82) is 0 Å². The second kappa shape index (κ2) is 7.00. The first-order valence-electron chi connectivity index (χ1n) is 8.01. The van der Waals surface area contributed by atoms with E-state index in [0.29, 0.717) is 37.7 Å². The molecule has 2 aromatic rings. The second-order valence-corrected chi connectivity index (χ2v) is 5.79. The van der Waals surface area contributed by atoms with Crippen LogP contribution in [0.3, 0.4) is 0 Å². The molecule has 0 saturated heterocycles. The number of carbonyl (C=O) groups excluding carboxylic acids is 1. The standard InChI is InChI=1S/C17H22N4O3/c1-4-24-10-12-8-21(9-14-15(12)20(2)11-19-14)17(22)13-6-5-7-18-16(13)23-3/h5-7,11-12H,4,8-10H2,1-3H3/t12-/m1/s1. The maximum atomic E-state index is 12.9. The van der Waals surface area contributed by atoms with E-state index in [-0.39, 0.29) is 11.8 Å². The summed E-state index contributed by atoms with van der Waals surface area (Å²) in [5.41, 5.74) is 2.53. The van der Waals surface area contributed by atoms with Gasteiger partial charge in [0.2, 0.25) is 5.88 Å². The number of pyridine rings is 1. The summed E-state index contributed by atoms with van der Waals surface area (Å²) in [5.74, 6) is 0.348. The number of rotatable bonds is 5. The van der Waals surface area contributed by atoms with Crippen LogP contribution in [0, 0.1) is 0 Å². The lowest BCUT2D eigenvalue weighted by molar-refractivity contribution is 0.0641. The van der Waals surface area contributed by atoms with E-state index >= 15 is 0 Å². The minimum absolute atomic E-state index is 0.0993. The number of aryl methyl sites for hydroxylation is 1. The van der Waals surface area contributed by atoms with Crippen molar-refractivity contribution >= 4 is 5.91 Å². The third kappa shape index (κ3) is 2.99. The fourth-order valence-electron chi connectivity index (χ4n) is 3.16. The van der Waals surface area contributed by atoms with E-state index in [1.54, 1.807) is 29.6 Å². The molecule has 0 radical (unpaired) electrons. The van der Waals surface area contributed by atoms with Gasteiger partial charge in [-0.25, -0.2) is 9.97 Å². The zero-order valence-corrected chi connectivity index (χ0v) is 14.2. The number of amides is 1. The molecule has 2 aromatic heterocycles. The molecule has 128 valence electrons. The number of ether oxygens (including phenoxy) is 2. The van der Waals surface area contributed by atoms with E-state index in [1.807, 2.05) is 18.5 Å². The molecule has 0 saturated carbocycles. The van der Waals surface area contributed by atoms with Gasteiger partial charge < -0.3 is 18.9 Å². The van der Waals surface area contributed by atoms with E-state index in [0.717, 1.165) is 11.4 Å². The average Bonchev–Trinajstić information content (AvgIpc) is 3.00. The molecule has 1 aliphatic rings. The first-order chi connectivity index (χ1) is 11.7. The van der Waals surface area contributed by atoms with Crippen LogP contribution in [0.2, 0.25) is 0 Å². The zero-order valence-electron chi connectivity index (χ0n) is 14.2. The third-order valence-electron chi connectivity index (χ3n) is 4.24. The Bertz CT molecular complexity index is 728. The predicted molar refractivity (Wildman–Crippen MR) is 88.0 cm³/mol. The lowest BCUT2D eigenvalue weighted by atomic mass is 9.98. The highest BCUT2D eigenvalue weighted by Gasteiger charge is 2.32. The van der Waals surface area contributed by atoms with Crippen molar-refractivity contribution < 1.29 is 14.3 Å². The minimum atomic E-state index is -0.0993. The van der Waals surface area contributed by atoms with E-state index in [2.05, 4.69) is 9.97 Å². The van der Waals surface area contributed by atoms with E-state index in [1.165, 1.54) is 7.11 Å². The number of carbonyl (C=O) groups is 1. The van der Waals surface area contributed by atoms with Crippen molar-refractivity contribution in [3.8, 4) is 5.88 Å². The number of hydrogen-bond acceptors (Lipinski definition) is 5. The molecule has 7 nitrogen and oxygen atoms in total. The summed E-state index contributed by atoms with van der Waals surface area (Å²) >= 11 is 0. The maximum absolute atomic E-state index is 12.9. The fraction of sp³-hybridized carbons (Fsp3) is 0.471. The molecule has 0 N–H and O–H groups in total. The first-order valence-corrected chi connectivity index (χ1v) is 8.01. The Morgan fingerprint density at radius 2 is 2.25 bits per heavy atom. The Labute approximate surface area is 141 Å². The smallest absolute Gasteiger partial charge is 0.259 e. The van der Waals surface area contributed by atoms with Gasteiger partial charge in [0.25, 0.3) is 5.91 Å². The van der Waals surface area contributed by atoms with Crippen molar-refractivity contribution in [2.24, 2.45) is 7.05 Å². The monoisotopic (exact) mass is 330 g/mol. The molecular weight excluding hydrogens is 308 g/mol. The fourth-order valence-corrected chi connectivity index (χ4v) is 3.16. The van der Waals surface area contributed by atoms with Gasteiger partial charge in [0, 0.05) is 38.0 Å². The largest absolute Gasteiger partial charge is 0.480 e. The number of aromatic nitrogens is 3. The number of imidazole rings is 1. The molecule has 0 spiro atoms. The van der Waals surface area contributed by atoms with Crippen LogP contribution >= 0.6 is 0 Å². The summed E-state index contributed by atoms with van der Waals surface area (Å²) in [5, 5.41) is 0. The Morgan fingerprint density at radius 1 is 1.42 bits per heavy atom. The summed E-state index contributed by atoms with van der Waals surface area (Å²) in [7, 11) is 3.50. The molecule has 0 fully saturated rings. The molecule has 0 aromatic carbocycles. The molecule has 0 aliphatic carbocycles. The molecule has 3 heterocycles. The predicted octanol–water partition coefficient (Wildman–Crippen LogP) is 1.60. The van der Waals surface area contributed by atoms with Crippen LogP contribution in [-0.4, -0.2) is 52.2 Å².